The standard InChI is InChI=1S/C13H16N4O2/c1-3-11(13-14-6-7-15-13)16-10-4-5-12(17(18)19)9(2)8-10/h4-8,11,16H,3H2,1-2H3,(H,14,15). The molecule has 0 amide bonds. The maximum Gasteiger partial charge on any atom is 0.272 e. The number of nitro benzene ring substituents is 1. The molecule has 0 aliphatic heterocycles. The van der Waals surface area contributed by atoms with E-state index in [1.807, 2.05) is 0 Å². The molecule has 2 aromatic rings. The number of aryl methyl sites for hydroxylation is 1. The molecule has 1 heterocycles. The summed E-state index contributed by atoms with van der Waals surface area (Å²) >= 11 is 0. The van der Waals surface area contributed by atoms with Gasteiger partial charge in [-0.15, -0.1) is 0 Å². The number of nitrogens with one attached hydrogen (secondary N) is 2. The number of rotatable bonds is 5. The fourth-order valence-corrected chi connectivity index (χ4v) is 1.98. The lowest BCUT2D eigenvalue weighted by molar-refractivity contribution is -0.385. The molecular formula is C13H16N4O2. The van der Waals surface area contributed by atoms with Gasteiger partial charge in [0.15, 0.2) is 0 Å². The highest BCUT2D eigenvalue weighted by Gasteiger charge is 2.14. The largest absolute Gasteiger partial charge is 0.375 e. The Morgan fingerprint density at radius 3 is 2.84 bits per heavy atom. The molecule has 2 N–H and O–H groups in total. The van der Waals surface area contributed by atoms with Crippen LogP contribution in [-0.4, -0.2) is 14.9 Å². The summed E-state index contributed by atoms with van der Waals surface area (Å²) in [6.45, 7) is 3.79. The van der Waals surface area contributed by atoms with Crippen LogP contribution in [0.3, 0.4) is 0 Å². The smallest absolute Gasteiger partial charge is 0.272 e. The zero-order valence-corrected chi connectivity index (χ0v) is 10.9. The Labute approximate surface area is 111 Å². The third kappa shape index (κ3) is 2.90. The molecule has 0 radical (unpaired) electrons. The molecule has 0 aliphatic carbocycles. The van der Waals surface area contributed by atoms with Crippen LogP contribution in [0.1, 0.15) is 30.8 Å². The second kappa shape index (κ2) is 5.51. The second-order valence-corrected chi connectivity index (χ2v) is 4.34. The molecule has 0 fully saturated rings. The number of H-pyrrole nitrogens is 1. The van der Waals surface area contributed by atoms with E-state index in [0.29, 0.717) is 5.56 Å². The minimum absolute atomic E-state index is 0.0656. The molecule has 1 atom stereocenters. The number of imidazole rings is 1. The Morgan fingerprint density at radius 2 is 2.32 bits per heavy atom. The topological polar surface area (TPSA) is 83.8 Å². The molecule has 0 saturated heterocycles. The molecule has 100 valence electrons. The summed E-state index contributed by atoms with van der Waals surface area (Å²) < 4.78 is 0. The van der Waals surface area contributed by atoms with Crippen LogP contribution in [0, 0.1) is 17.0 Å². The first-order valence-corrected chi connectivity index (χ1v) is 6.12. The van der Waals surface area contributed by atoms with Crippen LogP contribution in [-0.2, 0) is 0 Å². The van der Waals surface area contributed by atoms with Crippen molar-refractivity contribution in [3.8, 4) is 0 Å². The molecule has 6 heteroatoms. The second-order valence-electron chi connectivity index (χ2n) is 4.34. The Hall–Kier alpha value is -2.37. The van der Waals surface area contributed by atoms with Gasteiger partial charge in [-0.25, -0.2) is 4.98 Å². The zero-order valence-electron chi connectivity index (χ0n) is 10.9. The van der Waals surface area contributed by atoms with E-state index < -0.39 is 0 Å². The Bertz CT molecular complexity index is 566. The molecule has 1 unspecified atom stereocenters. The summed E-state index contributed by atoms with van der Waals surface area (Å²) in [6.07, 6.45) is 4.35. The van der Waals surface area contributed by atoms with Gasteiger partial charge in [-0.05, 0) is 25.5 Å². The number of hydrogen-bond acceptors (Lipinski definition) is 4. The average molecular weight is 260 g/mol. The lowest BCUT2D eigenvalue weighted by Crippen LogP contribution is -2.11. The average Bonchev–Trinajstić information content (AvgIpc) is 2.89. The van der Waals surface area contributed by atoms with Crippen LogP contribution in [0.5, 0.6) is 0 Å². The van der Waals surface area contributed by atoms with Crippen LogP contribution in [0.15, 0.2) is 30.6 Å². The third-order valence-corrected chi connectivity index (χ3v) is 2.99. The highest BCUT2D eigenvalue weighted by Crippen LogP contribution is 2.25. The van der Waals surface area contributed by atoms with Crippen molar-refractivity contribution in [1.82, 2.24) is 9.97 Å². The molecule has 1 aromatic heterocycles. The van der Waals surface area contributed by atoms with Gasteiger partial charge in [0, 0.05) is 29.7 Å². The van der Waals surface area contributed by atoms with Gasteiger partial charge in [0.25, 0.3) is 5.69 Å². The number of nitrogens with zero attached hydrogens (tertiary/aromatic N) is 2. The van der Waals surface area contributed by atoms with E-state index in [0.717, 1.165) is 17.9 Å². The fraction of sp³-hybridized carbons (Fsp3) is 0.308. The van der Waals surface area contributed by atoms with Gasteiger partial charge in [-0.1, -0.05) is 6.92 Å². The quantitative estimate of drug-likeness (QED) is 0.638. The van der Waals surface area contributed by atoms with Gasteiger partial charge in [0.1, 0.15) is 5.82 Å². The van der Waals surface area contributed by atoms with E-state index in [9.17, 15) is 10.1 Å². The summed E-state index contributed by atoms with van der Waals surface area (Å²) in [5.74, 6) is 0.860. The first-order valence-electron chi connectivity index (χ1n) is 6.12. The number of benzene rings is 1. The maximum atomic E-state index is 10.8. The van der Waals surface area contributed by atoms with Gasteiger partial charge in [-0.3, -0.25) is 10.1 Å². The van der Waals surface area contributed by atoms with Crippen molar-refractivity contribution >= 4 is 11.4 Å². The molecule has 0 bridgehead atoms. The molecule has 6 nitrogen and oxygen atoms in total. The number of nitro groups is 1. The highest BCUT2D eigenvalue weighted by atomic mass is 16.6. The number of hydrogen-bond donors (Lipinski definition) is 2. The zero-order chi connectivity index (χ0) is 13.8. The summed E-state index contributed by atoms with van der Waals surface area (Å²) in [5, 5.41) is 14.1. The molecule has 2 rings (SSSR count). The van der Waals surface area contributed by atoms with Gasteiger partial charge in [0.2, 0.25) is 0 Å². The normalized spacial score (nSPS) is 12.1. The summed E-state index contributed by atoms with van der Waals surface area (Å²) in [4.78, 5) is 17.7. The van der Waals surface area contributed by atoms with Gasteiger partial charge < -0.3 is 10.3 Å². The van der Waals surface area contributed by atoms with Crippen molar-refractivity contribution in [2.24, 2.45) is 0 Å². The lowest BCUT2D eigenvalue weighted by Gasteiger charge is -2.16. The number of aromatic nitrogens is 2. The van der Waals surface area contributed by atoms with E-state index in [4.69, 9.17) is 0 Å². The molecular weight excluding hydrogens is 244 g/mol. The van der Waals surface area contributed by atoms with Crippen molar-refractivity contribution in [2.75, 3.05) is 5.32 Å². The van der Waals surface area contributed by atoms with Crippen LogP contribution < -0.4 is 5.32 Å². The molecule has 0 spiro atoms. The number of aromatic amines is 1. The number of anilines is 1. The molecule has 0 saturated carbocycles. The minimum atomic E-state index is -0.372. The van der Waals surface area contributed by atoms with Crippen LogP contribution in [0.2, 0.25) is 0 Å². The highest BCUT2D eigenvalue weighted by molar-refractivity contribution is 5.54. The minimum Gasteiger partial charge on any atom is -0.375 e. The monoisotopic (exact) mass is 260 g/mol. The van der Waals surface area contributed by atoms with Crippen LogP contribution in [0.25, 0.3) is 0 Å². The summed E-state index contributed by atoms with van der Waals surface area (Å²) in [5.41, 5.74) is 1.63. The first kappa shape index (κ1) is 13.1. The molecule has 0 aliphatic rings. The van der Waals surface area contributed by atoms with E-state index in [1.54, 1.807) is 31.5 Å². The van der Waals surface area contributed by atoms with E-state index >= 15 is 0 Å². The predicted molar refractivity (Wildman–Crippen MR) is 73.1 cm³/mol. The Balaban J connectivity index is 2.19. The predicted octanol–water partition coefficient (Wildman–Crippen LogP) is 3.19. The fourth-order valence-electron chi connectivity index (χ4n) is 1.98. The first-order chi connectivity index (χ1) is 9.11. The van der Waals surface area contributed by atoms with Crippen molar-refractivity contribution in [3.63, 3.8) is 0 Å². The van der Waals surface area contributed by atoms with E-state index in [-0.39, 0.29) is 16.7 Å². The van der Waals surface area contributed by atoms with Crippen molar-refractivity contribution in [3.05, 3.63) is 52.1 Å². The van der Waals surface area contributed by atoms with E-state index in [2.05, 4.69) is 22.2 Å². The van der Waals surface area contributed by atoms with Gasteiger partial charge in [0.05, 0.1) is 11.0 Å². The molecule has 1 aromatic carbocycles. The van der Waals surface area contributed by atoms with E-state index in [1.165, 1.54) is 6.07 Å². The van der Waals surface area contributed by atoms with Crippen molar-refractivity contribution in [1.29, 1.82) is 0 Å². The Kier molecular flexibility index (Phi) is 3.79. The van der Waals surface area contributed by atoms with Crippen LogP contribution >= 0.6 is 0 Å². The third-order valence-electron chi connectivity index (χ3n) is 2.99. The van der Waals surface area contributed by atoms with Gasteiger partial charge >= 0.3 is 0 Å². The van der Waals surface area contributed by atoms with Crippen molar-refractivity contribution in [2.45, 2.75) is 26.3 Å². The van der Waals surface area contributed by atoms with Gasteiger partial charge in [-0.2, -0.15) is 0 Å². The SMILES string of the molecule is CCC(Nc1ccc([N+](=O)[O-])c(C)c1)c1ncc[nH]1. The summed E-state index contributed by atoms with van der Waals surface area (Å²) in [7, 11) is 0. The van der Waals surface area contributed by atoms with Crippen molar-refractivity contribution < 1.29 is 4.92 Å². The lowest BCUT2D eigenvalue weighted by atomic mass is 10.1. The summed E-state index contributed by atoms with van der Waals surface area (Å²) in [6, 6.07) is 5.09. The Morgan fingerprint density at radius 1 is 1.53 bits per heavy atom. The molecule has 19 heavy (non-hydrogen) atoms. The van der Waals surface area contributed by atoms with Crippen LogP contribution in [0.4, 0.5) is 11.4 Å². The maximum absolute atomic E-state index is 10.8.